The quantitative estimate of drug-likeness (QED) is 0.785. The molecule has 1 aromatic heterocycles. The maximum atomic E-state index is 11.8. The van der Waals surface area contributed by atoms with Gasteiger partial charge in [-0.1, -0.05) is 0 Å². The number of nitrogens with zero attached hydrogens (tertiary/aromatic N) is 4. The van der Waals surface area contributed by atoms with Crippen LogP contribution in [0.1, 0.15) is 36.7 Å². The van der Waals surface area contributed by atoms with Gasteiger partial charge in [0.25, 0.3) is 0 Å². The van der Waals surface area contributed by atoms with Gasteiger partial charge in [0.2, 0.25) is 5.91 Å². The van der Waals surface area contributed by atoms with Crippen LogP contribution in [0.25, 0.3) is 0 Å². The summed E-state index contributed by atoms with van der Waals surface area (Å²) in [5, 5.41) is 13.0. The molecule has 0 saturated carbocycles. The van der Waals surface area contributed by atoms with E-state index in [1.165, 1.54) is 0 Å². The van der Waals surface area contributed by atoms with E-state index in [2.05, 4.69) is 11.2 Å². The molecule has 0 spiro atoms. The maximum Gasteiger partial charge on any atom is 0.222 e. The molecule has 0 N–H and O–H groups in total. The Morgan fingerprint density at radius 2 is 2.16 bits per heavy atom. The first-order valence-corrected chi connectivity index (χ1v) is 6.65. The Morgan fingerprint density at radius 3 is 2.74 bits per heavy atom. The van der Waals surface area contributed by atoms with Crippen LogP contribution in [-0.2, 0) is 17.8 Å². The van der Waals surface area contributed by atoms with Crippen LogP contribution in [0.2, 0.25) is 0 Å². The van der Waals surface area contributed by atoms with Gasteiger partial charge in [-0.05, 0) is 32.8 Å². The van der Waals surface area contributed by atoms with Gasteiger partial charge in [0.05, 0.1) is 24.7 Å². The first-order valence-electron chi connectivity index (χ1n) is 6.65. The molecule has 19 heavy (non-hydrogen) atoms. The van der Waals surface area contributed by atoms with E-state index in [0.29, 0.717) is 25.8 Å². The molecule has 1 rings (SSSR count). The summed E-state index contributed by atoms with van der Waals surface area (Å²) in [5.41, 5.74) is 3.16. The van der Waals surface area contributed by atoms with Crippen LogP contribution in [0.5, 0.6) is 0 Å². The number of carbonyl (C=O) groups is 1. The molecule has 0 unspecified atom stereocenters. The summed E-state index contributed by atoms with van der Waals surface area (Å²) in [6.45, 7) is 7.28. The van der Waals surface area contributed by atoms with Gasteiger partial charge in [-0.25, -0.2) is 0 Å². The first kappa shape index (κ1) is 15.2. The van der Waals surface area contributed by atoms with E-state index in [-0.39, 0.29) is 5.91 Å². The zero-order valence-electron chi connectivity index (χ0n) is 12.2. The average Bonchev–Trinajstić information content (AvgIpc) is 2.67. The summed E-state index contributed by atoms with van der Waals surface area (Å²) < 4.78 is 1.86. The third-order valence-electron chi connectivity index (χ3n) is 3.46. The molecular weight excluding hydrogens is 240 g/mol. The highest BCUT2D eigenvalue weighted by Gasteiger charge is 2.14. The van der Waals surface area contributed by atoms with Gasteiger partial charge in [-0.2, -0.15) is 10.4 Å². The molecule has 104 valence electrons. The van der Waals surface area contributed by atoms with Crippen LogP contribution in [0, 0.1) is 25.2 Å². The molecule has 0 fully saturated rings. The second-order valence-corrected chi connectivity index (χ2v) is 4.69. The highest BCUT2D eigenvalue weighted by atomic mass is 16.2. The average molecular weight is 262 g/mol. The van der Waals surface area contributed by atoms with E-state index < -0.39 is 0 Å². The summed E-state index contributed by atoms with van der Waals surface area (Å²) in [6.07, 6.45) is 1.68. The summed E-state index contributed by atoms with van der Waals surface area (Å²) in [7, 11) is 1.82. The molecule has 0 atom stereocenters. The second-order valence-electron chi connectivity index (χ2n) is 4.69. The predicted octanol–water partition coefficient (Wildman–Crippen LogP) is 1.82. The predicted molar refractivity (Wildman–Crippen MR) is 73.6 cm³/mol. The molecule has 0 aliphatic heterocycles. The van der Waals surface area contributed by atoms with Crippen LogP contribution in [-0.4, -0.2) is 34.2 Å². The van der Waals surface area contributed by atoms with Gasteiger partial charge in [0.15, 0.2) is 0 Å². The Morgan fingerprint density at radius 1 is 1.47 bits per heavy atom. The highest BCUT2D eigenvalue weighted by Crippen LogP contribution is 2.16. The fourth-order valence-corrected chi connectivity index (χ4v) is 2.07. The summed E-state index contributed by atoms with van der Waals surface area (Å²) in [5.74, 6) is 0.158. The lowest BCUT2D eigenvalue weighted by Gasteiger charge is -2.14. The third kappa shape index (κ3) is 3.82. The molecule has 0 radical (unpaired) electrons. The topological polar surface area (TPSA) is 61.9 Å². The van der Waals surface area contributed by atoms with E-state index in [9.17, 15) is 4.79 Å². The summed E-state index contributed by atoms with van der Waals surface area (Å²) in [6, 6.07) is 2.12. The van der Waals surface area contributed by atoms with Gasteiger partial charge in [-0.15, -0.1) is 0 Å². The Labute approximate surface area is 114 Å². The van der Waals surface area contributed by atoms with Crippen LogP contribution in [0.4, 0.5) is 0 Å². The van der Waals surface area contributed by atoms with E-state index >= 15 is 0 Å². The van der Waals surface area contributed by atoms with Crippen molar-refractivity contribution in [3.05, 3.63) is 17.0 Å². The van der Waals surface area contributed by atoms with Crippen molar-refractivity contribution in [2.45, 2.75) is 46.6 Å². The van der Waals surface area contributed by atoms with Gasteiger partial charge >= 0.3 is 0 Å². The summed E-state index contributed by atoms with van der Waals surface area (Å²) in [4.78, 5) is 13.5. The molecule has 0 bridgehead atoms. The number of rotatable bonds is 6. The molecule has 1 amide bonds. The number of carbonyl (C=O) groups excluding carboxylic acids is 1. The van der Waals surface area contributed by atoms with Gasteiger partial charge < -0.3 is 4.90 Å². The van der Waals surface area contributed by atoms with E-state index in [1.54, 1.807) is 4.90 Å². The van der Waals surface area contributed by atoms with Gasteiger partial charge in [-0.3, -0.25) is 9.48 Å². The highest BCUT2D eigenvalue weighted by molar-refractivity contribution is 5.76. The monoisotopic (exact) mass is 262 g/mol. The Kier molecular flexibility index (Phi) is 5.56. The molecule has 1 heterocycles. The molecular formula is C14H22N4O. The Bertz CT molecular complexity index is 484. The number of aromatic nitrogens is 2. The van der Waals surface area contributed by atoms with Crippen molar-refractivity contribution in [3.63, 3.8) is 0 Å². The molecule has 0 aliphatic rings. The number of amides is 1. The number of hydrogen-bond donors (Lipinski definition) is 0. The second kappa shape index (κ2) is 6.93. The third-order valence-corrected chi connectivity index (χ3v) is 3.46. The van der Waals surface area contributed by atoms with Crippen LogP contribution >= 0.6 is 0 Å². The van der Waals surface area contributed by atoms with Crippen molar-refractivity contribution in [2.75, 3.05) is 13.6 Å². The maximum absolute atomic E-state index is 11.8. The van der Waals surface area contributed by atoms with Crippen molar-refractivity contribution in [1.82, 2.24) is 14.7 Å². The standard InChI is InChI=1S/C14H22N4O/c1-5-17(4)14(19)8-7-13-11(2)16-18(12(13)3)10-6-9-15/h5-8,10H2,1-4H3. The van der Waals surface area contributed by atoms with Gasteiger partial charge in [0.1, 0.15) is 0 Å². The number of hydrogen-bond acceptors (Lipinski definition) is 3. The fourth-order valence-electron chi connectivity index (χ4n) is 2.07. The molecule has 0 aliphatic carbocycles. The molecule has 1 aromatic rings. The smallest absolute Gasteiger partial charge is 0.222 e. The van der Waals surface area contributed by atoms with Crippen molar-refractivity contribution < 1.29 is 4.79 Å². The SMILES string of the molecule is CCN(C)C(=O)CCc1c(C)nn(CCC#N)c1C. The summed E-state index contributed by atoms with van der Waals surface area (Å²) >= 11 is 0. The first-order chi connectivity index (χ1) is 9.01. The molecule has 0 saturated heterocycles. The van der Waals surface area contributed by atoms with E-state index in [0.717, 1.165) is 23.5 Å². The number of aryl methyl sites for hydroxylation is 2. The van der Waals surface area contributed by atoms with E-state index in [4.69, 9.17) is 5.26 Å². The lowest BCUT2D eigenvalue weighted by molar-refractivity contribution is -0.129. The van der Waals surface area contributed by atoms with Crippen molar-refractivity contribution in [1.29, 1.82) is 5.26 Å². The van der Waals surface area contributed by atoms with Crippen LogP contribution in [0.3, 0.4) is 0 Å². The zero-order valence-corrected chi connectivity index (χ0v) is 12.2. The molecule has 0 aromatic carbocycles. The lowest BCUT2D eigenvalue weighted by atomic mass is 10.1. The van der Waals surface area contributed by atoms with Crippen molar-refractivity contribution in [3.8, 4) is 6.07 Å². The number of nitriles is 1. The Hall–Kier alpha value is -1.83. The fraction of sp³-hybridized carbons (Fsp3) is 0.643. The van der Waals surface area contributed by atoms with E-state index in [1.807, 2.05) is 32.5 Å². The zero-order chi connectivity index (χ0) is 14.4. The largest absolute Gasteiger partial charge is 0.346 e. The minimum absolute atomic E-state index is 0.158. The van der Waals surface area contributed by atoms with Crippen molar-refractivity contribution >= 4 is 5.91 Å². The normalized spacial score (nSPS) is 10.3. The minimum Gasteiger partial charge on any atom is -0.346 e. The van der Waals surface area contributed by atoms with Crippen LogP contribution < -0.4 is 0 Å². The minimum atomic E-state index is 0.158. The van der Waals surface area contributed by atoms with Crippen molar-refractivity contribution in [2.24, 2.45) is 0 Å². The Balaban J connectivity index is 2.71. The molecule has 5 heteroatoms. The molecule has 5 nitrogen and oxygen atoms in total. The van der Waals surface area contributed by atoms with Crippen LogP contribution in [0.15, 0.2) is 0 Å². The lowest BCUT2D eigenvalue weighted by Crippen LogP contribution is -2.26. The van der Waals surface area contributed by atoms with Gasteiger partial charge in [0, 0.05) is 25.7 Å².